The number of hydrogen-bond donors (Lipinski definition) is 2. The largest absolute Gasteiger partial charge is 0.297 e. The van der Waals surface area contributed by atoms with Gasteiger partial charge in [-0.05, 0) is 61.7 Å². The number of piperazine rings is 1. The van der Waals surface area contributed by atoms with Crippen LogP contribution in [0.25, 0.3) is 0 Å². The molecule has 0 aromatic heterocycles. The molecule has 4 heteroatoms. The summed E-state index contributed by atoms with van der Waals surface area (Å²) in [6.45, 7) is 0.304. The van der Waals surface area contributed by atoms with Gasteiger partial charge < -0.3 is 0 Å². The van der Waals surface area contributed by atoms with E-state index in [2.05, 4.69) is 10.6 Å². The number of amides is 2. The third-order valence-corrected chi connectivity index (χ3v) is 5.69. The molecule has 0 spiro atoms. The zero-order valence-corrected chi connectivity index (χ0v) is 10.6. The summed E-state index contributed by atoms with van der Waals surface area (Å²) in [7, 11) is 0. The van der Waals surface area contributed by atoms with Crippen LogP contribution >= 0.6 is 0 Å². The molecule has 2 N–H and O–H groups in total. The van der Waals surface area contributed by atoms with Crippen LogP contribution in [0.15, 0.2) is 0 Å². The Morgan fingerprint density at radius 1 is 0.944 bits per heavy atom. The average molecular weight is 248 g/mol. The van der Waals surface area contributed by atoms with Gasteiger partial charge in [0.25, 0.3) is 0 Å². The molecule has 1 saturated heterocycles. The van der Waals surface area contributed by atoms with Crippen LogP contribution in [-0.4, -0.2) is 24.4 Å². The lowest BCUT2D eigenvalue weighted by Gasteiger charge is -2.59. The Kier molecular flexibility index (Phi) is 2.17. The molecule has 98 valence electrons. The second-order valence-corrected chi connectivity index (χ2v) is 7.01. The Bertz CT molecular complexity index is 383. The first-order valence-electron chi connectivity index (χ1n) is 7.22. The van der Waals surface area contributed by atoms with Crippen molar-refractivity contribution in [1.29, 1.82) is 0 Å². The van der Waals surface area contributed by atoms with Gasteiger partial charge in [-0.2, -0.15) is 0 Å². The van der Waals surface area contributed by atoms with Gasteiger partial charge in [0.15, 0.2) is 0 Å². The Labute approximate surface area is 107 Å². The standard InChI is InChI=1S/C14H20N2O2/c17-11-7-15-12(13(18)16-11)14-4-8-1-9(5-14)3-10(2-8)6-14/h8-10,12,15H,1-7H2,(H,16,17,18). The number of nitrogens with one attached hydrogen (secondary N) is 2. The lowest BCUT2D eigenvalue weighted by atomic mass is 9.47. The first-order chi connectivity index (χ1) is 8.64. The molecule has 4 aliphatic carbocycles. The molecule has 4 bridgehead atoms. The van der Waals surface area contributed by atoms with E-state index in [0.29, 0.717) is 6.54 Å². The van der Waals surface area contributed by atoms with Crippen LogP contribution < -0.4 is 10.6 Å². The van der Waals surface area contributed by atoms with Gasteiger partial charge in [-0.1, -0.05) is 0 Å². The maximum Gasteiger partial charge on any atom is 0.244 e. The third-order valence-electron chi connectivity index (χ3n) is 5.69. The van der Waals surface area contributed by atoms with Gasteiger partial charge in [0.2, 0.25) is 11.8 Å². The second kappa shape index (κ2) is 3.56. The highest BCUT2D eigenvalue weighted by Crippen LogP contribution is 2.61. The van der Waals surface area contributed by atoms with E-state index in [1.165, 1.54) is 38.5 Å². The molecule has 1 atom stereocenters. The maximum absolute atomic E-state index is 12.1. The number of hydrogen-bond acceptors (Lipinski definition) is 3. The second-order valence-electron chi connectivity index (χ2n) is 7.01. The van der Waals surface area contributed by atoms with Crippen molar-refractivity contribution in [3.8, 4) is 0 Å². The van der Waals surface area contributed by atoms with Crippen molar-refractivity contribution in [2.45, 2.75) is 44.6 Å². The Morgan fingerprint density at radius 3 is 2.00 bits per heavy atom. The molecule has 1 heterocycles. The van der Waals surface area contributed by atoms with Crippen molar-refractivity contribution in [2.24, 2.45) is 23.2 Å². The summed E-state index contributed by atoms with van der Waals surface area (Å²) in [6.07, 6.45) is 7.72. The fourth-order valence-corrected chi connectivity index (χ4v) is 5.57. The highest BCUT2D eigenvalue weighted by molar-refractivity contribution is 6.01. The monoisotopic (exact) mass is 248 g/mol. The quantitative estimate of drug-likeness (QED) is 0.675. The smallest absolute Gasteiger partial charge is 0.244 e. The summed E-state index contributed by atoms with van der Waals surface area (Å²) in [4.78, 5) is 23.4. The van der Waals surface area contributed by atoms with E-state index in [4.69, 9.17) is 0 Å². The predicted octanol–water partition coefficient (Wildman–Crippen LogP) is 0.817. The molecule has 4 saturated carbocycles. The molecule has 0 aromatic carbocycles. The van der Waals surface area contributed by atoms with E-state index in [9.17, 15) is 9.59 Å². The summed E-state index contributed by atoms with van der Waals surface area (Å²) in [5.41, 5.74) is 0.152. The molecule has 5 fully saturated rings. The van der Waals surface area contributed by atoms with Crippen LogP contribution in [0.1, 0.15) is 38.5 Å². The zero-order chi connectivity index (χ0) is 12.3. The van der Waals surface area contributed by atoms with E-state index < -0.39 is 0 Å². The molecule has 5 rings (SSSR count). The molecule has 2 amide bonds. The van der Waals surface area contributed by atoms with Gasteiger partial charge in [-0.15, -0.1) is 0 Å². The molecule has 5 aliphatic rings. The minimum absolute atomic E-state index is 0.0757. The summed E-state index contributed by atoms with van der Waals surface area (Å²) in [5, 5.41) is 5.73. The molecule has 4 nitrogen and oxygen atoms in total. The topological polar surface area (TPSA) is 58.2 Å². The van der Waals surface area contributed by atoms with Crippen molar-refractivity contribution >= 4 is 11.8 Å². The first-order valence-corrected chi connectivity index (χ1v) is 7.22. The molecule has 0 aromatic rings. The van der Waals surface area contributed by atoms with Crippen LogP contribution in [0.2, 0.25) is 0 Å². The fourth-order valence-electron chi connectivity index (χ4n) is 5.57. The minimum atomic E-state index is -0.180. The zero-order valence-electron chi connectivity index (χ0n) is 10.6. The molecule has 1 unspecified atom stereocenters. The van der Waals surface area contributed by atoms with Crippen LogP contribution in [0.5, 0.6) is 0 Å². The number of imide groups is 1. The van der Waals surface area contributed by atoms with E-state index in [-0.39, 0.29) is 23.3 Å². The van der Waals surface area contributed by atoms with Gasteiger partial charge in [0.1, 0.15) is 0 Å². The van der Waals surface area contributed by atoms with Gasteiger partial charge >= 0.3 is 0 Å². The van der Waals surface area contributed by atoms with Gasteiger partial charge in [0.05, 0.1) is 12.6 Å². The summed E-state index contributed by atoms with van der Waals surface area (Å²) in [6, 6.07) is -0.122. The molecule has 1 aliphatic heterocycles. The normalized spacial score (nSPS) is 50.4. The highest BCUT2D eigenvalue weighted by atomic mass is 16.2. The Morgan fingerprint density at radius 2 is 1.50 bits per heavy atom. The summed E-state index contributed by atoms with van der Waals surface area (Å²) < 4.78 is 0. The van der Waals surface area contributed by atoms with Gasteiger partial charge in [-0.25, -0.2) is 0 Å². The minimum Gasteiger partial charge on any atom is -0.297 e. The molecular weight excluding hydrogens is 228 g/mol. The van der Waals surface area contributed by atoms with Crippen molar-refractivity contribution in [1.82, 2.24) is 10.6 Å². The Hall–Kier alpha value is -0.900. The highest BCUT2D eigenvalue weighted by Gasteiger charge is 2.56. The SMILES string of the molecule is O=C1CNC(C23CC4CC(CC(C4)C2)C3)C(=O)N1. The fraction of sp³-hybridized carbons (Fsp3) is 0.857. The molecule has 18 heavy (non-hydrogen) atoms. The lowest BCUT2D eigenvalue weighted by Crippen LogP contribution is -2.66. The summed E-state index contributed by atoms with van der Waals surface area (Å²) >= 11 is 0. The first kappa shape index (κ1) is 11.0. The van der Waals surface area contributed by atoms with Crippen LogP contribution in [-0.2, 0) is 9.59 Å². The van der Waals surface area contributed by atoms with E-state index in [0.717, 1.165) is 17.8 Å². The number of carbonyl (C=O) groups excluding carboxylic acids is 2. The van der Waals surface area contributed by atoms with Crippen molar-refractivity contribution < 1.29 is 9.59 Å². The van der Waals surface area contributed by atoms with Crippen molar-refractivity contribution in [3.63, 3.8) is 0 Å². The van der Waals surface area contributed by atoms with Gasteiger partial charge in [0, 0.05) is 0 Å². The van der Waals surface area contributed by atoms with Crippen LogP contribution in [0.4, 0.5) is 0 Å². The van der Waals surface area contributed by atoms with E-state index in [1.807, 2.05) is 0 Å². The predicted molar refractivity (Wildman–Crippen MR) is 65.5 cm³/mol. The average Bonchev–Trinajstić information content (AvgIpc) is 2.26. The van der Waals surface area contributed by atoms with E-state index >= 15 is 0 Å². The van der Waals surface area contributed by atoms with Crippen molar-refractivity contribution in [2.75, 3.05) is 6.54 Å². The van der Waals surface area contributed by atoms with Gasteiger partial charge in [-0.3, -0.25) is 20.2 Å². The lowest BCUT2D eigenvalue weighted by molar-refractivity contribution is -0.143. The summed E-state index contributed by atoms with van der Waals surface area (Å²) in [5.74, 6) is 2.25. The molecule has 0 radical (unpaired) electrons. The van der Waals surface area contributed by atoms with Crippen molar-refractivity contribution in [3.05, 3.63) is 0 Å². The van der Waals surface area contributed by atoms with E-state index in [1.54, 1.807) is 0 Å². The van der Waals surface area contributed by atoms with Crippen LogP contribution in [0, 0.1) is 23.2 Å². The van der Waals surface area contributed by atoms with Crippen LogP contribution in [0.3, 0.4) is 0 Å². The number of carbonyl (C=O) groups is 2. The maximum atomic E-state index is 12.1. The molecular formula is C14H20N2O2. The third kappa shape index (κ3) is 1.48. The Balaban J connectivity index is 1.63. The number of rotatable bonds is 1.